The molecule has 4 heteroatoms. The molecule has 2 rings (SSSR count). The van der Waals surface area contributed by atoms with Crippen LogP contribution >= 0.6 is 15.9 Å². The molecule has 1 heterocycles. The number of hydrogen-bond acceptors (Lipinski definition) is 2. The molecule has 1 aromatic rings. The highest BCUT2D eigenvalue weighted by atomic mass is 79.9. The van der Waals surface area contributed by atoms with Gasteiger partial charge >= 0.3 is 0 Å². The molecule has 0 spiro atoms. The second-order valence-electron chi connectivity index (χ2n) is 3.07. The van der Waals surface area contributed by atoms with Gasteiger partial charge in [0.15, 0.2) is 0 Å². The van der Waals surface area contributed by atoms with Gasteiger partial charge in [-0.15, -0.1) is 0 Å². The lowest BCUT2D eigenvalue weighted by Crippen LogP contribution is -2.30. The lowest BCUT2D eigenvalue weighted by atomic mass is 10.3. The van der Waals surface area contributed by atoms with E-state index in [0.29, 0.717) is 5.69 Å². The van der Waals surface area contributed by atoms with Crippen LogP contribution in [0.15, 0.2) is 30.3 Å². The third-order valence-corrected chi connectivity index (χ3v) is 2.82. The average molecular weight is 254 g/mol. The van der Waals surface area contributed by atoms with Gasteiger partial charge in [0.2, 0.25) is 11.8 Å². The van der Waals surface area contributed by atoms with Crippen molar-refractivity contribution < 1.29 is 9.59 Å². The zero-order chi connectivity index (χ0) is 10.1. The number of alkyl halides is 1. The first-order valence-corrected chi connectivity index (χ1v) is 5.17. The van der Waals surface area contributed by atoms with E-state index in [-0.39, 0.29) is 23.1 Å². The molecule has 0 radical (unpaired) electrons. The Labute approximate surface area is 89.8 Å². The molecule has 0 N–H and O–H groups in total. The number of halogens is 1. The van der Waals surface area contributed by atoms with Gasteiger partial charge in [-0.3, -0.25) is 9.59 Å². The van der Waals surface area contributed by atoms with Crippen LogP contribution in [-0.2, 0) is 9.59 Å². The fourth-order valence-corrected chi connectivity index (χ4v) is 1.92. The van der Waals surface area contributed by atoms with Gasteiger partial charge < -0.3 is 0 Å². The molecule has 0 aromatic heterocycles. The van der Waals surface area contributed by atoms with E-state index < -0.39 is 0 Å². The van der Waals surface area contributed by atoms with Gasteiger partial charge in [-0.2, -0.15) is 0 Å². The van der Waals surface area contributed by atoms with Crippen LogP contribution in [0.4, 0.5) is 5.69 Å². The highest BCUT2D eigenvalue weighted by Gasteiger charge is 2.37. The lowest BCUT2D eigenvalue weighted by molar-refractivity contribution is -0.121. The van der Waals surface area contributed by atoms with Crippen molar-refractivity contribution in [2.24, 2.45) is 0 Å². The summed E-state index contributed by atoms with van der Waals surface area (Å²) in [6, 6.07) is 8.96. The first-order chi connectivity index (χ1) is 6.70. The summed E-state index contributed by atoms with van der Waals surface area (Å²) < 4.78 is 0. The van der Waals surface area contributed by atoms with E-state index in [1.54, 1.807) is 24.3 Å². The van der Waals surface area contributed by atoms with Crippen molar-refractivity contribution in [1.29, 1.82) is 0 Å². The Kier molecular flexibility index (Phi) is 2.37. The summed E-state index contributed by atoms with van der Waals surface area (Å²) in [5, 5.41) is 0. The zero-order valence-corrected chi connectivity index (χ0v) is 8.90. The number of benzene rings is 1. The maximum absolute atomic E-state index is 11.6. The summed E-state index contributed by atoms with van der Waals surface area (Å²) in [5.74, 6) is -0.329. The quantitative estimate of drug-likeness (QED) is 0.565. The molecule has 1 atom stereocenters. The molecule has 0 saturated carbocycles. The molecule has 0 bridgehead atoms. The number of imide groups is 1. The molecule has 2 amide bonds. The van der Waals surface area contributed by atoms with Gasteiger partial charge in [-0.1, -0.05) is 34.1 Å². The molecule has 72 valence electrons. The number of carbonyl (C=O) groups excluding carboxylic acids is 2. The fourth-order valence-electron chi connectivity index (χ4n) is 1.44. The van der Waals surface area contributed by atoms with Crippen molar-refractivity contribution in [3.8, 4) is 0 Å². The van der Waals surface area contributed by atoms with Crippen molar-refractivity contribution in [1.82, 2.24) is 0 Å². The smallest absolute Gasteiger partial charge is 0.248 e. The molecule has 1 fully saturated rings. The molecule has 1 aliphatic rings. The van der Waals surface area contributed by atoms with Crippen LogP contribution in [0.5, 0.6) is 0 Å². The van der Waals surface area contributed by atoms with Gasteiger partial charge in [0.25, 0.3) is 0 Å². The van der Waals surface area contributed by atoms with Crippen LogP contribution in [0.1, 0.15) is 6.42 Å². The highest BCUT2D eigenvalue weighted by molar-refractivity contribution is 9.10. The summed E-state index contributed by atoms with van der Waals surface area (Å²) in [7, 11) is 0. The Bertz CT molecular complexity index is 377. The first kappa shape index (κ1) is 9.40. The topological polar surface area (TPSA) is 37.4 Å². The van der Waals surface area contributed by atoms with E-state index in [2.05, 4.69) is 15.9 Å². The van der Waals surface area contributed by atoms with Gasteiger partial charge in [0, 0.05) is 6.42 Å². The van der Waals surface area contributed by atoms with Crippen LogP contribution in [0.25, 0.3) is 0 Å². The minimum atomic E-state index is -0.366. The molecule has 14 heavy (non-hydrogen) atoms. The maximum Gasteiger partial charge on any atom is 0.248 e. The zero-order valence-electron chi connectivity index (χ0n) is 7.31. The molecular weight excluding hydrogens is 246 g/mol. The van der Waals surface area contributed by atoms with E-state index in [0.717, 1.165) is 0 Å². The number of carbonyl (C=O) groups is 2. The summed E-state index contributed by atoms with van der Waals surface area (Å²) in [4.78, 5) is 23.9. The molecule has 1 aliphatic heterocycles. The number of nitrogens with zero attached hydrogens (tertiary/aromatic N) is 1. The molecule has 1 unspecified atom stereocenters. The molecule has 3 nitrogen and oxygen atoms in total. The Morgan fingerprint density at radius 1 is 1.21 bits per heavy atom. The summed E-state index contributed by atoms with van der Waals surface area (Å²) in [6.45, 7) is 0. The average Bonchev–Trinajstić information content (AvgIpc) is 2.43. The van der Waals surface area contributed by atoms with Gasteiger partial charge in [0.1, 0.15) is 4.83 Å². The van der Waals surface area contributed by atoms with E-state index >= 15 is 0 Å². The van der Waals surface area contributed by atoms with Gasteiger partial charge in [0.05, 0.1) is 5.69 Å². The first-order valence-electron chi connectivity index (χ1n) is 4.26. The Morgan fingerprint density at radius 2 is 1.86 bits per heavy atom. The molecular formula is C10H8BrNO2. The minimum absolute atomic E-state index is 0.150. The van der Waals surface area contributed by atoms with E-state index in [1.807, 2.05) is 6.07 Å². The third kappa shape index (κ3) is 1.46. The number of amides is 2. The van der Waals surface area contributed by atoms with E-state index in [1.165, 1.54) is 4.90 Å². The Morgan fingerprint density at radius 3 is 2.36 bits per heavy atom. The largest absolute Gasteiger partial charge is 0.274 e. The normalized spacial score (nSPS) is 21.8. The van der Waals surface area contributed by atoms with Crippen LogP contribution in [0.2, 0.25) is 0 Å². The second kappa shape index (κ2) is 3.53. The summed E-state index contributed by atoms with van der Waals surface area (Å²) >= 11 is 3.17. The van der Waals surface area contributed by atoms with Gasteiger partial charge in [-0.25, -0.2) is 4.90 Å². The van der Waals surface area contributed by atoms with E-state index in [4.69, 9.17) is 0 Å². The molecule has 1 aromatic carbocycles. The number of anilines is 1. The second-order valence-corrected chi connectivity index (χ2v) is 4.18. The minimum Gasteiger partial charge on any atom is -0.274 e. The third-order valence-electron chi connectivity index (χ3n) is 2.11. The molecule has 0 aliphatic carbocycles. The highest BCUT2D eigenvalue weighted by Crippen LogP contribution is 2.25. The Balaban J connectivity index is 2.36. The van der Waals surface area contributed by atoms with Crippen molar-refractivity contribution in [3.05, 3.63) is 30.3 Å². The van der Waals surface area contributed by atoms with Gasteiger partial charge in [-0.05, 0) is 12.1 Å². The predicted octanol–water partition coefficient (Wildman–Crippen LogP) is 1.71. The molecule has 1 saturated heterocycles. The summed E-state index contributed by atoms with van der Waals surface area (Å²) in [6.07, 6.45) is 0.244. The SMILES string of the molecule is O=C1CC(Br)C(=O)N1c1ccccc1. The Hall–Kier alpha value is -1.16. The fraction of sp³-hybridized carbons (Fsp3) is 0.200. The number of hydrogen-bond donors (Lipinski definition) is 0. The van der Waals surface area contributed by atoms with Crippen molar-refractivity contribution in [3.63, 3.8) is 0 Å². The number of para-hydroxylation sites is 1. The predicted molar refractivity (Wildman–Crippen MR) is 56.3 cm³/mol. The lowest BCUT2D eigenvalue weighted by Gasteiger charge is -2.13. The maximum atomic E-state index is 11.6. The van der Waals surface area contributed by atoms with E-state index in [9.17, 15) is 9.59 Å². The standard InChI is InChI=1S/C10H8BrNO2/c11-8-6-9(13)12(10(8)14)7-4-2-1-3-5-7/h1-5,8H,6H2. The van der Waals surface area contributed by atoms with Crippen LogP contribution in [0, 0.1) is 0 Å². The monoisotopic (exact) mass is 253 g/mol. The van der Waals surface area contributed by atoms with Crippen molar-refractivity contribution >= 4 is 33.4 Å². The van der Waals surface area contributed by atoms with Crippen molar-refractivity contribution in [2.45, 2.75) is 11.2 Å². The van der Waals surface area contributed by atoms with Crippen molar-refractivity contribution in [2.75, 3.05) is 4.90 Å². The number of rotatable bonds is 1. The van der Waals surface area contributed by atoms with Crippen LogP contribution < -0.4 is 4.90 Å². The van der Waals surface area contributed by atoms with Crippen LogP contribution in [0.3, 0.4) is 0 Å². The van der Waals surface area contributed by atoms with Crippen LogP contribution in [-0.4, -0.2) is 16.6 Å². The summed E-state index contributed by atoms with van der Waals surface area (Å²) in [5.41, 5.74) is 0.643.